The highest BCUT2D eigenvalue weighted by molar-refractivity contribution is 9.10. The Bertz CT molecular complexity index is 597. The molecular weight excluding hydrogens is 312 g/mol. The number of rotatable bonds is 5. The molecule has 0 fully saturated rings. The second-order valence-electron chi connectivity index (χ2n) is 3.87. The molecule has 0 aliphatic heterocycles. The molecule has 6 nitrogen and oxygen atoms in total. The zero-order valence-corrected chi connectivity index (χ0v) is 11.6. The highest BCUT2D eigenvalue weighted by Crippen LogP contribution is 2.17. The number of anilines is 1. The van der Waals surface area contributed by atoms with Crippen molar-refractivity contribution >= 4 is 27.5 Å². The molecule has 1 amide bonds. The van der Waals surface area contributed by atoms with E-state index in [0.29, 0.717) is 13.2 Å². The van der Waals surface area contributed by atoms with E-state index >= 15 is 0 Å². The Labute approximate surface area is 118 Å². The lowest BCUT2D eigenvalue weighted by Crippen LogP contribution is -2.15. The van der Waals surface area contributed by atoms with Gasteiger partial charge in [0.25, 0.3) is 5.91 Å². The molecule has 7 heteroatoms. The first-order valence-electron chi connectivity index (χ1n) is 5.57. The summed E-state index contributed by atoms with van der Waals surface area (Å²) in [5.41, 5.74) is 11.1. The van der Waals surface area contributed by atoms with Crippen LogP contribution in [0.2, 0.25) is 0 Å². The fourth-order valence-corrected chi connectivity index (χ4v) is 1.93. The molecule has 19 heavy (non-hydrogen) atoms. The maximum Gasteiger partial charge on any atom is 0.271 e. The summed E-state index contributed by atoms with van der Waals surface area (Å²) < 4.78 is 8.04. The van der Waals surface area contributed by atoms with Crippen molar-refractivity contribution < 1.29 is 9.53 Å². The summed E-state index contributed by atoms with van der Waals surface area (Å²) in [6.07, 6.45) is 1.56. The predicted molar refractivity (Wildman–Crippen MR) is 74.8 cm³/mol. The van der Waals surface area contributed by atoms with Crippen LogP contribution in [0.15, 0.2) is 34.9 Å². The van der Waals surface area contributed by atoms with Crippen molar-refractivity contribution in [2.24, 2.45) is 5.73 Å². The third-order valence-corrected chi connectivity index (χ3v) is 2.90. The Kier molecular flexibility index (Phi) is 4.06. The van der Waals surface area contributed by atoms with Gasteiger partial charge in [-0.05, 0) is 18.2 Å². The third kappa shape index (κ3) is 3.47. The van der Waals surface area contributed by atoms with Gasteiger partial charge in [-0.2, -0.15) is 5.10 Å². The smallest absolute Gasteiger partial charge is 0.271 e. The van der Waals surface area contributed by atoms with Gasteiger partial charge in [0.2, 0.25) is 0 Å². The van der Waals surface area contributed by atoms with E-state index in [1.54, 1.807) is 6.20 Å². The molecule has 1 aromatic carbocycles. The van der Waals surface area contributed by atoms with Crippen molar-refractivity contribution in [3.05, 3.63) is 40.6 Å². The number of hydrogen-bond acceptors (Lipinski definition) is 4. The number of hydrogen-bond donors (Lipinski definition) is 2. The molecule has 0 saturated heterocycles. The van der Waals surface area contributed by atoms with Gasteiger partial charge in [-0.25, -0.2) is 0 Å². The molecule has 0 aliphatic carbocycles. The quantitative estimate of drug-likeness (QED) is 0.868. The van der Waals surface area contributed by atoms with E-state index in [9.17, 15) is 4.79 Å². The summed E-state index contributed by atoms with van der Waals surface area (Å²) >= 11 is 3.36. The van der Waals surface area contributed by atoms with Gasteiger partial charge < -0.3 is 16.2 Å². The minimum Gasteiger partial charge on any atom is -0.492 e. The van der Waals surface area contributed by atoms with Crippen molar-refractivity contribution in [3.8, 4) is 5.75 Å². The SMILES string of the molecule is NC(=O)c1nn(CCOc2cccc(Br)c2)cc1N. The molecule has 2 rings (SSSR count). The summed E-state index contributed by atoms with van der Waals surface area (Å²) in [7, 11) is 0. The van der Waals surface area contributed by atoms with Crippen molar-refractivity contribution in [2.75, 3.05) is 12.3 Å². The topological polar surface area (TPSA) is 96.2 Å². The monoisotopic (exact) mass is 324 g/mol. The van der Waals surface area contributed by atoms with E-state index in [1.165, 1.54) is 4.68 Å². The highest BCUT2D eigenvalue weighted by Gasteiger charge is 2.10. The lowest BCUT2D eigenvalue weighted by molar-refractivity contribution is 0.0995. The second kappa shape index (κ2) is 5.75. The maximum atomic E-state index is 11.0. The molecule has 0 radical (unpaired) electrons. The molecular formula is C12H13BrN4O2. The van der Waals surface area contributed by atoms with Crippen molar-refractivity contribution in [1.29, 1.82) is 0 Å². The number of nitrogen functional groups attached to an aromatic ring is 1. The molecule has 0 unspecified atom stereocenters. The summed E-state index contributed by atoms with van der Waals surface area (Å²) in [5.74, 6) is 0.119. The molecule has 1 aromatic heterocycles. The minimum absolute atomic E-state index is 0.0856. The standard InChI is InChI=1S/C12H13BrN4O2/c13-8-2-1-3-9(6-8)19-5-4-17-7-10(14)11(16-17)12(15)18/h1-3,6-7H,4-5,14H2,(H2,15,18). The van der Waals surface area contributed by atoms with Crippen LogP contribution in [-0.2, 0) is 6.54 Å². The summed E-state index contributed by atoms with van der Waals surface area (Å²) in [4.78, 5) is 11.0. The molecule has 0 spiro atoms. The summed E-state index contributed by atoms with van der Waals surface area (Å²) in [5, 5.41) is 3.99. The van der Waals surface area contributed by atoms with Gasteiger partial charge in [0.1, 0.15) is 12.4 Å². The average Bonchev–Trinajstić information content (AvgIpc) is 2.71. The summed E-state index contributed by atoms with van der Waals surface area (Å²) in [6.45, 7) is 0.889. The van der Waals surface area contributed by atoms with Gasteiger partial charge in [-0.3, -0.25) is 9.48 Å². The van der Waals surface area contributed by atoms with Crippen LogP contribution in [0.4, 0.5) is 5.69 Å². The lowest BCUT2D eigenvalue weighted by atomic mass is 10.3. The fourth-order valence-electron chi connectivity index (χ4n) is 1.56. The number of nitrogens with two attached hydrogens (primary N) is 2. The van der Waals surface area contributed by atoms with Crippen LogP contribution >= 0.6 is 15.9 Å². The molecule has 1 heterocycles. The van der Waals surface area contributed by atoms with Gasteiger partial charge in [0.15, 0.2) is 5.69 Å². The Morgan fingerprint density at radius 3 is 2.89 bits per heavy atom. The minimum atomic E-state index is -0.635. The number of amides is 1. The number of ether oxygens (including phenoxy) is 1. The van der Waals surface area contributed by atoms with E-state index in [4.69, 9.17) is 16.2 Å². The zero-order valence-electron chi connectivity index (χ0n) is 10.0. The lowest BCUT2D eigenvalue weighted by Gasteiger charge is -2.06. The fraction of sp³-hybridized carbons (Fsp3) is 0.167. The van der Waals surface area contributed by atoms with E-state index in [-0.39, 0.29) is 11.4 Å². The van der Waals surface area contributed by atoms with Crippen molar-refractivity contribution in [2.45, 2.75) is 6.54 Å². The molecule has 0 saturated carbocycles. The molecule has 0 aliphatic rings. The van der Waals surface area contributed by atoms with Crippen LogP contribution in [0.3, 0.4) is 0 Å². The van der Waals surface area contributed by atoms with Crippen LogP contribution < -0.4 is 16.2 Å². The van der Waals surface area contributed by atoms with Crippen molar-refractivity contribution in [3.63, 3.8) is 0 Å². The largest absolute Gasteiger partial charge is 0.492 e. The van der Waals surface area contributed by atoms with E-state index < -0.39 is 5.91 Å². The maximum absolute atomic E-state index is 11.0. The Morgan fingerprint density at radius 1 is 1.47 bits per heavy atom. The normalized spacial score (nSPS) is 10.4. The van der Waals surface area contributed by atoms with Gasteiger partial charge in [-0.15, -0.1) is 0 Å². The molecule has 0 atom stereocenters. The molecule has 100 valence electrons. The van der Waals surface area contributed by atoms with Crippen LogP contribution in [-0.4, -0.2) is 22.3 Å². The number of benzene rings is 1. The zero-order chi connectivity index (χ0) is 13.8. The Morgan fingerprint density at radius 2 is 2.26 bits per heavy atom. The van der Waals surface area contributed by atoms with Gasteiger partial charge in [0.05, 0.1) is 12.2 Å². The Hall–Kier alpha value is -2.02. The van der Waals surface area contributed by atoms with Gasteiger partial charge in [0, 0.05) is 10.7 Å². The first-order chi connectivity index (χ1) is 9.06. The third-order valence-electron chi connectivity index (χ3n) is 2.41. The molecule has 2 aromatic rings. The second-order valence-corrected chi connectivity index (χ2v) is 4.78. The van der Waals surface area contributed by atoms with Gasteiger partial charge in [-0.1, -0.05) is 22.0 Å². The molecule has 0 bridgehead atoms. The van der Waals surface area contributed by atoms with Gasteiger partial charge >= 0.3 is 0 Å². The number of carbonyl (C=O) groups is 1. The predicted octanol–water partition coefficient (Wildman–Crippen LogP) is 1.41. The van der Waals surface area contributed by atoms with Crippen LogP contribution in [0.25, 0.3) is 0 Å². The van der Waals surface area contributed by atoms with Crippen LogP contribution in [0, 0.1) is 0 Å². The van der Waals surface area contributed by atoms with E-state index in [2.05, 4.69) is 21.0 Å². The van der Waals surface area contributed by atoms with Crippen molar-refractivity contribution in [1.82, 2.24) is 9.78 Å². The number of nitrogens with zero attached hydrogens (tertiary/aromatic N) is 2. The highest BCUT2D eigenvalue weighted by atomic mass is 79.9. The van der Waals surface area contributed by atoms with Crippen LogP contribution in [0.5, 0.6) is 5.75 Å². The number of aromatic nitrogens is 2. The van der Waals surface area contributed by atoms with E-state index in [1.807, 2.05) is 24.3 Å². The first kappa shape index (κ1) is 13.4. The van der Waals surface area contributed by atoms with E-state index in [0.717, 1.165) is 10.2 Å². The summed E-state index contributed by atoms with van der Waals surface area (Å²) in [6, 6.07) is 7.53. The average molecular weight is 325 g/mol. The number of halogens is 1. The molecule has 4 N–H and O–H groups in total. The van der Waals surface area contributed by atoms with Crippen LogP contribution in [0.1, 0.15) is 10.5 Å². The first-order valence-corrected chi connectivity index (χ1v) is 6.36. The number of carbonyl (C=O) groups excluding carboxylic acids is 1. The Balaban J connectivity index is 1.92. The number of primary amides is 1.